The largest absolute Gasteiger partial charge is 0.412 e. The molecule has 0 spiro atoms. The van der Waals surface area contributed by atoms with Crippen LogP contribution in [0.25, 0.3) is 0 Å². The van der Waals surface area contributed by atoms with Gasteiger partial charge in [0.25, 0.3) is 0 Å². The van der Waals surface area contributed by atoms with Crippen LogP contribution in [0.2, 0.25) is 0 Å². The van der Waals surface area contributed by atoms with Gasteiger partial charge in [-0.3, -0.25) is 0 Å². The molecule has 0 unspecified atom stereocenters. The molecule has 0 amide bonds. The van der Waals surface area contributed by atoms with Crippen molar-refractivity contribution in [2.24, 2.45) is 0 Å². The second kappa shape index (κ2) is 19.3. The molecule has 0 aromatic heterocycles. The zero-order valence-corrected chi connectivity index (χ0v) is 6.23. The molecule has 1 nitrogen and oxygen atoms in total. The summed E-state index contributed by atoms with van der Waals surface area (Å²) in [5.74, 6) is 0. The molecule has 2 N–H and O–H groups in total. The third kappa shape index (κ3) is 8.92. The number of hydrogen-bond donors (Lipinski definition) is 0. The van der Waals surface area contributed by atoms with E-state index in [1.165, 1.54) is 0 Å². The molecule has 0 aliphatic rings. The zero-order chi connectivity index (χ0) is 0. The summed E-state index contributed by atoms with van der Waals surface area (Å²) in [6.07, 6.45) is 0. The monoisotopic (exact) mass is 197 g/mol. The van der Waals surface area contributed by atoms with Crippen molar-refractivity contribution < 1.29 is 5.48 Å². The van der Waals surface area contributed by atoms with E-state index in [0.29, 0.717) is 0 Å². The Bertz CT molecular complexity index is 8.00. The van der Waals surface area contributed by atoms with Crippen molar-refractivity contribution in [3.63, 3.8) is 0 Å². The topological polar surface area (TPSA) is 31.5 Å². The Kier molecular flexibility index (Phi) is 172. The number of rotatable bonds is 0. The summed E-state index contributed by atoms with van der Waals surface area (Å²) in [4.78, 5) is 0. The maximum atomic E-state index is 0. The fourth-order valence-electron chi connectivity index (χ4n) is 0. The fourth-order valence-corrected chi connectivity index (χ4v) is 0. The van der Waals surface area contributed by atoms with Gasteiger partial charge in [-0.2, -0.15) is 0 Å². The molecule has 4 heteroatoms. The molecule has 0 saturated carbocycles. The Balaban J connectivity index is 0. The second-order valence-corrected chi connectivity index (χ2v) is 0. The quantitative estimate of drug-likeness (QED) is 0.376. The Labute approximate surface area is 78.6 Å². The average Bonchev–Trinajstić information content (AvgIpc) is 0. The maximum Gasteiger partial charge on any atom is 0.187 e. The molecule has 19 valence electrons. The van der Waals surface area contributed by atoms with Gasteiger partial charge in [0.1, 0.15) is 0 Å². The van der Waals surface area contributed by atoms with Gasteiger partial charge in [-0.15, -0.1) is 0 Å². The van der Waals surface area contributed by atoms with Crippen molar-refractivity contribution in [1.82, 2.24) is 0 Å². The van der Waals surface area contributed by atoms with Crippen LogP contribution < -0.4 is 0 Å². The molecule has 0 aromatic carbocycles. The first-order valence-corrected chi connectivity index (χ1v) is 0. The molecular formula is H5AlBBaO. The van der Waals surface area contributed by atoms with Crippen LogP contribution in [0.3, 0.4) is 0 Å². The van der Waals surface area contributed by atoms with Gasteiger partial charge < -0.3 is 5.48 Å². The molecule has 0 rings (SSSR count). The summed E-state index contributed by atoms with van der Waals surface area (Å²) in [6.45, 7) is 0. The van der Waals surface area contributed by atoms with Gasteiger partial charge in [0.15, 0.2) is 17.4 Å². The smallest absolute Gasteiger partial charge is 0.187 e. The van der Waals surface area contributed by atoms with Crippen molar-refractivity contribution in [3.05, 3.63) is 0 Å². The van der Waals surface area contributed by atoms with Gasteiger partial charge >= 0.3 is 0 Å². The van der Waals surface area contributed by atoms with Crippen LogP contribution in [-0.2, 0) is 0 Å². The molecule has 0 aliphatic heterocycles. The average molecular weight is 196 g/mol. The summed E-state index contributed by atoms with van der Waals surface area (Å²) in [7, 11) is 0. The third-order valence-electron chi connectivity index (χ3n) is 0. The molecule has 0 fully saturated rings. The van der Waals surface area contributed by atoms with E-state index in [0.717, 1.165) is 0 Å². The predicted octanol–water partition coefficient (Wildman–Crippen LogP) is -2.77. The summed E-state index contributed by atoms with van der Waals surface area (Å²) in [5, 5.41) is 0. The van der Waals surface area contributed by atoms with Crippen LogP contribution >= 0.6 is 0 Å². The predicted molar refractivity (Wildman–Crippen MR) is 25.1 cm³/mol. The zero-order valence-electron chi connectivity index (χ0n) is 1.78. The summed E-state index contributed by atoms with van der Waals surface area (Å²) in [6, 6.07) is 0. The van der Waals surface area contributed by atoms with Crippen molar-refractivity contribution in [3.8, 4) is 0 Å². The normalized spacial score (nSPS) is 0. The molecule has 4 heavy (non-hydrogen) atoms. The van der Waals surface area contributed by atoms with Crippen LogP contribution in [0, 0.1) is 0 Å². The molecule has 0 heterocycles. The van der Waals surface area contributed by atoms with E-state index in [2.05, 4.69) is 0 Å². The van der Waals surface area contributed by atoms with Gasteiger partial charge in [0, 0.05) is 57.3 Å². The van der Waals surface area contributed by atoms with Gasteiger partial charge in [-0.05, 0) is 0 Å². The van der Waals surface area contributed by atoms with Crippen LogP contribution in [-0.4, -0.2) is 80.1 Å². The molecular weight excluding hydrogens is 191 g/mol. The summed E-state index contributed by atoms with van der Waals surface area (Å²) < 4.78 is 0. The first kappa shape index (κ1) is 35.6. The van der Waals surface area contributed by atoms with E-state index >= 15 is 0 Å². The van der Waals surface area contributed by atoms with E-state index in [1.807, 2.05) is 0 Å². The van der Waals surface area contributed by atoms with Crippen molar-refractivity contribution in [2.75, 3.05) is 0 Å². The molecule has 0 atom stereocenters. The van der Waals surface area contributed by atoms with Crippen LogP contribution in [0.1, 0.15) is 0 Å². The van der Waals surface area contributed by atoms with E-state index in [9.17, 15) is 0 Å². The van der Waals surface area contributed by atoms with Gasteiger partial charge in [-0.1, -0.05) is 0 Å². The Morgan fingerprint density at radius 2 is 1.00 bits per heavy atom. The summed E-state index contributed by atoms with van der Waals surface area (Å²) >= 11 is 0. The maximum absolute atomic E-state index is 0. The van der Waals surface area contributed by atoms with E-state index in [-0.39, 0.29) is 80.1 Å². The van der Waals surface area contributed by atoms with E-state index in [1.54, 1.807) is 0 Å². The van der Waals surface area contributed by atoms with Crippen molar-refractivity contribution in [1.29, 1.82) is 0 Å². The molecule has 0 aliphatic carbocycles. The van der Waals surface area contributed by atoms with Gasteiger partial charge in [-0.25, -0.2) is 0 Å². The van der Waals surface area contributed by atoms with Crippen molar-refractivity contribution in [2.45, 2.75) is 0 Å². The first-order valence-electron chi connectivity index (χ1n) is 0. The van der Waals surface area contributed by atoms with E-state index in [4.69, 9.17) is 0 Å². The Hall–Kier alpha value is 2.13. The molecule has 0 aromatic rings. The minimum absolute atomic E-state index is 0. The van der Waals surface area contributed by atoms with E-state index < -0.39 is 0 Å². The number of hydrogen-bond acceptors (Lipinski definition) is 0. The third-order valence-corrected chi connectivity index (χ3v) is 0. The summed E-state index contributed by atoms with van der Waals surface area (Å²) in [5.41, 5.74) is 0. The first-order chi connectivity index (χ1) is 0. The Morgan fingerprint density at radius 1 is 1.00 bits per heavy atom. The second-order valence-electron chi connectivity index (χ2n) is 0. The Morgan fingerprint density at radius 3 is 1.00 bits per heavy atom. The fraction of sp³-hybridized carbons (Fsp3) is 0. The SMILES string of the molecule is O.[AlH3].[B].[Ba]. The van der Waals surface area contributed by atoms with Crippen LogP contribution in [0.15, 0.2) is 0 Å². The minimum Gasteiger partial charge on any atom is -0.412 e. The standard InChI is InChI=1S/Al.B.Ba.H2O.3H/h;;;1H2;;;. The molecule has 5 radical (unpaired) electrons. The van der Waals surface area contributed by atoms with Crippen molar-refractivity contribution >= 4 is 74.7 Å². The molecule has 0 saturated heterocycles. The van der Waals surface area contributed by atoms with Gasteiger partial charge in [0.2, 0.25) is 0 Å². The van der Waals surface area contributed by atoms with Gasteiger partial charge in [0.05, 0.1) is 0 Å². The molecule has 0 bridgehead atoms. The van der Waals surface area contributed by atoms with Crippen LogP contribution in [0.5, 0.6) is 0 Å². The minimum atomic E-state index is 0. The van der Waals surface area contributed by atoms with Crippen LogP contribution in [0.4, 0.5) is 0 Å².